The number of nitrogens with one attached hydrogen (secondary N) is 1. The molecule has 1 amide bonds. The van der Waals surface area contributed by atoms with Crippen LogP contribution >= 0.6 is 27.5 Å². The molecule has 0 aromatic heterocycles. The number of alkyl halides is 1. The number of rotatable bonds is 5. The highest BCUT2D eigenvalue weighted by molar-refractivity contribution is 9.10. The molecule has 0 heterocycles. The maximum atomic E-state index is 13.5. The van der Waals surface area contributed by atoms with E-state index in [9.17, 15) is 9.18 Å². The molecule has 1 unspecified atom stereocenters. The minimum Gasteiger partial charge on any atom is -0.350 e. The molecule has 0 radical (unpaired) electrons. The first kappa shape index (κ1) is 15.4. The summed E-state index contributed by atoms with van der Waals surface area (Å²) in [6.07, 6.45) is 0.806. The number of hydrogen-bond acceptors (Lipinski definition) is 1. The average molecular weight is 337 g/mol. The van der Waals surface area contributed by atoms with Crippen LogP contribution in [0, 0.1) is 11.7 Å². The van der Waals surface area contributed by atoms with Crippen LogP contribution in [0.1, 0.15) is 30.6 Å². The molecule has 0 spiro atoms. The molecule has 0 saturated carbocycles. The molecular weight excluding hydrogens is 321 g/mol. The molecule has 0 aliphatic rings. The summed E-state index contributed by atoms with van der Waals surface area (Å²) in [7, 11) is 0. The van der Waals surface area contributed by atoms with E-state index in [2.05, 4.69) is 35.1 Å². The molecule has 0 aliphatic heterocycles. The Balaban J connectivity index is 2.61. The van der Waals surface area contributed by atoms with E-state index < -0.39 is 11.7 Å². The van der Waals surface area contributed by atoms with E-state index in [1.165, 1.54) is 6.07 Å². The van der Waals surface area contributed by atoms with E-state index >= 15 is 0 Å². The Bertz CT molecular complexity index is 405. The molecule has 1 rings (SSSR count). The summed E-state index contributed by atoms with van der Waals surface area (Å²) in [6, 6.07) is 4.43. The topological polar surface area (TPSA) is 29.1 Å². The Labute approximate surface area is 120 Å². The largest absolute Gasteiger partial charge is 0.350 e. The number of amides is 1. The van der Waals surface area contributed by atoms with Gasteiger partial charge in [-0.25, -0.2) is 4.39 Å². The molecule has 1 aromatic carbocycles. The lowest BCUT2D eigenvalue weighted by molar-refractivity contribution is 0.0948. The fourth-order valence-corrected chi connectivity index (χ4v) is 2.56. The van der Waals surface area contributed by atoms with Gasteiger partial charge in [-0.3, -0.25) is 4.79 Å². The number of carbonyl (C=O) groups is 1. The van der Waals surface area contributed by atoms with E-state index in [-0.39, 0.29) is 10.9 Å². The van der Waals surface area contributed by atoms with Gasteiger partial charge in [-0.1, -0.05) is 19.9 Å². The molecule has 0 fully saturated rings. The normalized spacial score (nSPS) is 12.6. The maximum absolute atomic E-state index is 13.5. The number of hydrogen-bond donors (Lipinski definition) is 1. The van der Waals surface area contributed by atoms with Gasteiger partial charge in [-0.05, 0) is 40.4 Å². The van der Waals surface area contributed by atoms with Crippen molar-refractivity contribution in [1.29, 1.82) is 0 Å². The van der Waals surface area contributed by atoms with Crippen LogP contribution in [0.5, 0.6) is 0 Å². The molecule has 0 saturated heterocycles. The first-order valence-corrected chi connectivity index (χ1v) is 7.01. The summed E-state index contributed by atoms with van der Waals surface area (Å²) in [5.41, 5.74) is 0.0194. The summed E-state index contributed by atoms with van der Waals surface area (Å²) in [6.45, 7) is 4.45. The monoisotopic (exact) mass is 335 g/mol. The van der Waals surface area contributed by atoms with Crippen LogP contribution in [0.2, 0.25) is 0 Å². The van der Waals surface area contributed by atoms with Gasteiger partial charge in [0, 0.05) is 11.0 Å². The van der Waals surface area contributed by atoms with Crippen molar-refractivity contribution in [3.05, 3.63) is 34.1 Å². The van der Waals surface area contributed by atoms with Crippen LogP contribution in [0.3, 0.4) is 0 Å². The van der Waals surface area contributed by atoms with E-state index in [1.54, 1.807) is 12.1 Å². The fourth-order valence-electron chi connectivity index (χ4n) is 1.60. The van der Waals surface area contributed by atoms with Gasteiger partial charge in [0.05, 0.1) is 10.9 Å². The number of carbonyl (C=O) groups excluding carboxylic acids is 1. The molecule has 18 heavy (non-hydrogen) atoms. The Morgan fingerprint density at radius 3 is 2.72 bits per heavy atom. The van der Waals surface area contributed by atoms with Crippen molar-refractivity contribution in [2.75, 3.05) is 6.54 Å². The molecule has 1 atom stereocenters. The molecule has 0 aliphatic carbocycles. The number of benzene rings is 1. The minimum atomic E-state index is -0.545. The van der Waals surface area contributed by atoms with E-state index in [0.29, 0.717) is 16.9 Å². The van der Waals surface area contributed by atoms with Gasteiger partial charge in [0.15, 0.2) is 0 Å². The van der Waals surface area contributed by atoms with Crippen molar-refractivity contribution in [3.63, 3.8) is 0 Å². The fraction of sp³-hybridized carbons (Fsp3) is 0.462. The van der Waals surface area contributed by atoms with Gasteiger partial charge in [0.25, 0.3) is 5.91 Å². The van der Waals surface area contributed by atoms with Gasteiger partial charge < -0.3 is 5.32 Å². The summed E-state index contributed by atoms with van der Waals surface area (Å²) in [5.74, 6) is -0.532. The second-order valence-electron chi connectivity index (χ2n) is 4.53. The van der Waals surface area contributed by atoms with Gasteiger partial charge >= 0.3 is 0 Å². The summed E-state index contributed by atoms with van der Waals surface area (Å²) < 4.78 is 14.0. The van der Waals surface area contributed by atoms with Crippen LogP contribution in [0.4, 0.5) is 4.39 Å². The number of halogens is 3. The first-order valence-electron chi connectivity index (χ1n) is 5.78. The molecule has 1 N–H and O–H groups in total. The van der Waals surface area contributed by atoms with Gasteiger partial charge in [-0.2, -0.15) is 0 Å². The SMILES string of the molecule is CC(C)CC(Cl)CNC(=O)c1c(F)cccc1Br. The van der Waals surface area contributed by atoms with Crippen LogP contribution in [0.15, 0.2) is 22.7 Å². The minimum absolute atomic E-state index is 0.0194. The van der Waals surface area contributed by atoms with Crippen molar-refractivity contribution in [1.82, 2.24) is 5.32 Å². The quantitative estimate of drug-likeness (QED) is 0.810. The van der Waals surface area contributed by atoms with Gasteiger partial charge in [0.1, 0.15) is 5.82 Å². The van der Waals surface area contributed by atoms with Crippen molar-refractivity contribution in [3.8, 4) is 0 Å². The second kappa shape index (κ2) is 7.10. The summed E-state index contributed by atoms with van der Waals surface area (Å²) >= 11 is 9.23. The van der Waals surface area contributed by atoms with Crippen molar-refractivity contribution in [2.45, 2.75) is 25.6 Å². The Hall–Kier alpha value is -0.610. The lowest BCUT2D eigenvalue weighted by atomic mass is 10.1. The predicted molar refractivity (Wildman–Crippen MR) is 75.5 cm³/mol. The Kier molecular flexibility index (Phi) is 6.09. The average Bonchev–Trinajstić information content (AvgIpc) is 2.25. The first-order chi connectivity index (χ1) is 8.41. The third-order valence-corrected chi connectivity index (χ3v) is 3.39. The van der Waals surface area contributed by atoms with E-state index in [0.717, 1.165) is 6.42 Å². The van der Waals surface area contributed by atoms with E-state index in [1.807, 2.05) is 0 Å². The zero-order valence-corrected chi connectivity index (χ0v) is 12.7. The zero-order valence-electron chi connectivity index (χ0n) is 10.3. The highest BCUT2D eigenvalue weighted by Crippen LogP contribution is 2.19. The van der Waals surface area contributed by atoms with Crippen LogP contribution in [-0.2, 0) is 0 Å². The van der Waals surface area contributed by atoms with Crippen LogP contribution in [-0.4, -0.2) is 17.8 Å². The summed E-state index contributed by atoms with van der Waals surface area (Å²) in [5, 5.41) is 2.51. The van der Waals surface area contributed by atoms with Crippen molar-refractivity contribution < 1.29 is 9.18 Å². The van der Waals surface area contributed by atoms with Gasteiger partial charge in [0.2, 0.25) is 0 Å². The van der Waals surface area contributed by atoms with Crippen molar-refractivity contribution >= 4 is 33.4 Å². The smallest absolute Gasteiger partial charge is 0.255 e. The zero-order chi connectivity index (χ0) is 13.7. The molecule has 1 aromatic rings. The molecular formula is C13H16BrClFNO. The Morgan fingerprint density at radius 2 is 2.17 bits per heavy atom. The lowest BCUT2D eigenvalue weighted by Gasteiger charge is -2.13. The maximum Gasteiger partial charge on any atom is 0.255 e. The standard InChI is InChI=1S/C13H16BrClFNO/c1-8(2)6-9(15)7-17-13(18)12-10(14)4-3-5-11(12)16/h3-5,8-9H,6-7H2,1-2H3,(H,17,18). The van der Waals surface area contributed by atoms with Gasteiger partial charge in [-0.15, -0.1) is 11.6 Å². The third-order valence-electron chi connectivity index (χ3n) is 2.40. The lowest BCUT2D eigenvalue weighted by Crippen LogP contribution is -2.31. The molecule has 100 valence electrons. The van der Waals surface area contributed by atoms with E-state index in [4.69, 9.17) is 11.6 Å². The molecule has 2 nitrogen and oxygen atoms in total. The molecule has 5 heteroatoms. The Morgan fingerprint density at radius 1 is 1.50 bits per heavy atom. The third kappa shape index (κ3) is 4.58. The highest BCUT2D eigenvalue weighted by Gasteiger charge is 2.16. The van der Waals surface area contributed by atoms with Crippen LogP contribution in [0.25, 0.3) is 0 Å². The summed E-state index contributed by atoms with van der Waals surface area (Å²) in [4.78, 5) is 11.8. The second-order valence-corrected chi connectivity index (χ2v) is 6.01. The van der Waals surface area contributed by atoms with Crippen LogP contribution < -0.4 is 5.32 Å². The highest BCUT2D eigenvalue weighted by atomic mass is 79.9. The molecule has 0 bridgehead atoms. The predicted octanol–water partition coefficient (Wildman–Crippen LogP) is 3.97. The van der Waals surface area contributed by atoms with Crippen molar-refractivity contribution in [2.24, 2.45) is 5.92 Å².